The number of aromatic nitrogens is 1. The first kappa shape index (κ1) is 16.6. The van der Waals surface area contributed by atoms with Gasteiger partial charge in [-0.15, -0.1) is 0 Å². The molecule has 0 N–H and O–H groups in total. The molecule has 4 aromatic rings. The van der Waals surface area contributed by atoms with Gasteiger partial charge in [0.05, 0.1) is 11.5 Å². The van der Waals surface area contributed by atoms with Crippen molar-refractivity contribution in [1.29, 1.82) is 0 Å². The van der Waals surface area contributed by atoms with Gasteiger partial charge < -0.3 is 0 Å². The number of pyridine rings is 1. The van der Waals surface area contributed by atoms with E-state index >= 15 is 0 Å². The molecule has 144 valence electrons. The van der Waals surface area contributed by atoms with Gasteiger partial charge in [-0.25, -0.2) is 0 Å². The summed E-state index contributed by atoms with van der Waals surface area (Å²) in [4.78, 5) is 0. The number of fused-ring (bicyclic) bond motifs is 9. The lowest BCUT2D eigenvalue weighted by atomic mass is 9.75. The molecular formula is C29H24N+. The lowest BCUT2D eigenvalue weighted by Gasteiger charge is -2.33. The van der Waals surface area contributed by atoms with Crippen molar-refractivity contribution in [3.8, 4) is 22.3 Å². The number of hydrogen-bond donors (Lipinski definition) is 0. The van der Waals surface area contributed by atoms with E-state index in [0.29, 0.717) is 5.92 Å². The standard InChI is InChI=1S/C29H24N/c1-17-8-6-11-22-26-21-14-13-20-19-10-5-4-9-18(19)16-24(20)25(21)23-12-7-15-30(28(23)26)29(2,3)27(17)22/h4-15,26H,16H2,1-3H3/q+1. The Bertz CT molecular complexity index is 1410. The average molecular weight is 387 g/mol. The summed E-state index contributed by atoms with van der Waals surface area (Å²) in [6, 6.07) is 25.2. The molecule has 2 heterocycles. The van der Waals surface area contributed by atoms with Gasteiger partial charge in [0, 0.05) is 25.5 Å². The van der Waals surface area contributed by atoms with Gasteiger partial charge in [0.2, 0.25) is 5.69 Å². The second-order valence-corrected chi connectivity index (χ2v) is 9.60. The number of nitrogens with zero attached hydrogens (tertiary/aromatic N) is 1. The summed E-state index contributed by atoms with van der Waals surface area (Å²) in [5, 5.41) is 0. The fourth-order valence-electron chi connectivity index (χ4n) is 6.65. The summed E-state index contributed by atoms with van der Waals surface area (Å²) in [5.41, 5.74) is 16.0. The highest BCUT2D eigenvalue weighted by Gasteiger charge is 2.51. The van der Waals surface area contributed by atoms with Crippen LogP contribution in [0.2, 0.25) is 0 Å². The average Bonchev–Trinajstić information content (AvgIpc) is 3.28. The largest absolute Gasteiger partial charge is 0.202 e. The molecule has 30 heavy (non-hydrogen) atoms. The molecule has 0 radical (unpaired) electrons. The quantitative estimate of drug-likeness (QED) is 0.277. The van der Waals surface area contributed by atoms with Crippen LogP contribution in [0.25, 0.3) is 22.3 Å². The van der Waals surface area contributed by atoms with E-state index in [0.717, 1.165) is 6.42 Å². The van der Waals surface area contributed by atoms with Crippen molar-refractivity contribution in [2.75, 3.05) is 0 Å². The molecule has 7 rings (SSSR count). The first-order chi connectivity index (χ1) is 14.6. The van der Waals surface area contributed by atoms with Crippen molar-refractivity contribution in [1.82, 2.24) is 0 Å². The Morgan fingerprint density at radius 2 is 1.63 bits per heavy atom. The first-order valence-electron chi connectivity index (χ1n) is 11.0. The van der Waals surface area contributed by atoms with Crippen molar-refractivity contribution < 1.29 is 4.57 Å². The number of rotatable bonds is 0. The molecule has 0 saturated carbocycles. The lowest BCUT2D eigenvalue weighted by Crippen LogP contribution is -2.59. The molecule has 1 atom stereocenters. The van der Waals surface area contributed by atoms with Crippen LogP contribution >= 0.6 is 0 Å². The Morgan fingerprint density at radius 3 is 2.53 bits per heavy atom. The maximum atomic E-state index is 2.55. The maximum absolute atomic E-state index is 2.55. The minimum atomic E-state index is -0.0588. The van der Waals surface area contributed by atoms with Crippen LogP contribution in [-0.2, 0) is 12.0 Å². The second-order valence-electron chi connectivity index (χ2n) is 9.60. The van der Waals surface area contributed by atoms with E-state index < -0.39 is 0 Å². The third-order valence-corrected chi connectivity index (χ3v) is 7.74. The van der Waals surface area contributed by atoms with Gasteiger partial charge in [-0.2, -0.15) is 4.57 Å². The molecular weight excluding hydrogens is 362 g/mol. The van der Waals surface area contributed by atoms with Crippen LogP contribution in [0.1, 0.15) is 58.8 Å². The highest BCUT2D eigenvalue weighted by molar-refractivity contribution is 5.90. The molecule has 0 spiro atoms. The van der Waals surface area contributed by atoms with Crippen LogP contribution < -0.4 is 4.57 Å². The van der Waals surface area contributed by atoms with Gasteiger partial charge >= 0.3 is 0 Å². The third kappa shape index (κ3) is 1.78. The Kier molecular flexibility index (Phi) is 2.92. The van der Waals surface area contributed by atoms with Crippen LogP contribution in [0.15, 0.2) is 72.9 Å². The molecule has 0 fully saturated rings. The van der Waals surface area contributed by atoms with E-state index in [1.54, 1.807) is 0 Å². The van der Waals surface area contributed by atoms with Crippen LogP contribution in [0.5, 0.6) is 0 Å². The molecule has 1 unspecified atom stereocenters. The molecule has 1 aliphatic heterocycles. The van der Waals surface area contributed by atoms with E-state index in [-0.39, 0.29) is 5.54 Å². The van der Waals surface area contributed by atoms with E-state index in [9.17, 15) is 0 Å². The van der Waals surface area contributed by atoms with Crippen LogP contribution in [-0.4, -0.2) is 0 Å². The summed E-state index contributed by atoms with van der Waals surface area (Å²) < 4.78 is 2.55. The number of benzene rings is 3. The summed E-state index contributed by atoms with van der Waals surface area (Å²) in [6.45, 7) is 7.02. The van der Waals surface area contributed by atoms with Gasteiger partial charge in [0.1, 0.15) is 0 Å². The maximum Gasteiger partial charge on any atom is 0.202 e. The summed E-state index contributed by atoms with van der Waals surface area (Å²) in [7, 11) is 0. The number of hydrogen-bond acceptors (Lipinski definition) is 0. The summed E-state index contributed by atoms with van der Waals surface area (Å²) in [5.74, 6) is 0.327. The van der Waals surface area contributed by atoms with E-state index in [1.807, 2.05) is 0 Å². The van der Waals surface area contributed by atoms with Crippen LogP contribution in [0.3, 0.4) is 0 Å². The third-order valence-electron chi connectivity index (χ3n) is 7.74. The predicted molar refractivity (Wildman–Crippen MR) is 121 cm³/mol. The van der Waals surface area contributed by atoms with E-state index in [2.05, 4.69) is 98.3 Å². The monoisotopic (exact) mass is 386 g/mol. The summed E-state index contributed by atoms with van der Waals surface area (Å²) >= 11 is 0. The van der Waals surface area contributed by atoms with E-state index in [1.165, 1.54) is 61.3 Å². The van der Waals surface area contributed by atoms with Gasteiger partial charge in [-0.05, 0) is 63.9 Å². The van der Waals surface area contributed by atoms with Crippen molar-refractivity contribution >= 4 is 0 Å². The number of aryl methyl sites for hydroxylation is 1. The molecule has 2 aliphatic carbocycles. The predicted octanol–water partition coefficient (Wildman–Crippen LogP) is 6.11. The van der Waals surface area contributed by atoms with Gasteiger partial charge in [0.25, 0.3) is 0 Å². The van der Waals surface area contributed by atoms with Gasteiger partial charge in [0.15, 0.2) is 11.7 Å². The van der Waals surface area contributed by atoms with Gasteiger partial charge in [-0.1, -0.05) is 54.6 Å². The fraction of sp³-hybridized carbons (Fsp3) is 0.207. The van der Waals surface area contributed by atoms with Crippen LogP contribution in [0, 0.1) is 6.92 Å². The first-order valence-corrected chi connectivity index (χ1v) is 11.0. The molecule has 0 bridgehead atoms. The lowest BCUT2D eigenvalue weighted by molar-refractivity contribution is -0.755. The van der Waals surface area contributed by atoms with Gasteiger partial charge in [-0.3, -0.25) is 0 Å². The molecule has 0 saturated heterocycles. The topological polar surface area (TPSA) is 3.88 Å². The zero-order valence-corrected chi connectivity index (χ0v) is 17.7. The van der Waals surface area contributed by atoms with Crippen molar-refractivity contribution in [3.63, 3.8) is 0 Å². The highest BCUT2D eigenvalue weighted by Crippen LogP contribution is 2.55. The zero-order valence-electron chi connectivity index (χ0n) is 17.7. The Labute approximate surface area is 177 Å². The SMILES string of the molecule is Cc1cccc2c1C(C)(C)[n+]1cccc3c1C2c1ccc2c(c1-3)Cc1ccccc1-2. The minimum absolute atomic E-state index is 0.0588. The van der Waals surface area contributed by atoms with Crippen LogP contribution in [0.4, 0.5) is 0 Å². The molecule has 0 amide bonds. The highest BCUT2D eigenvalue weighted by atomic mass is 15.1. The normalized spacial score (nSPS) is 18.3. The molecule has 3 aliphatic rings. The molecule has 1 heteroatoms. The fourth-order valence-corrected chi connectivity index (χ4v) is 6.65. The van der Waals surface area contributed by atoms with Crippen molar-refractivity contribution in [3.05, 3.63) is 112 Å². The molecule has 1 aromatic heterocycles. The Hall–Kier alpha value is -3.19. The Balaban J connectivity index is 1.60. The second kappa shape index (κ2) is 5.29. The van der Waals surface area contributed by atoms with Crippen molar-refractivity contribution in [2.45, 2.75) is 38.6 Å². The smallest absolute Gasteiger partial charge is 0.192 e. The van der Waals surface area contributed by atoms with Crippen molar-refractivity contribution in [2.24, 2.45) is 0 Å². The molecule has 1 nitrogen and oxygen atoms in total. The Morgan fingerprint density at radius 1 is 0.800 bits per heavy atom. The minimum Gasteiger partial charge on any atom is -0.192 e. The molecule has 3 aromatic carbocycles. The zero-order chi connectivity index (χ0) is 20.2. The van der Waals surface area contributed by atoms with E-state index in [4.69, 9.17) is 0 Å². The summed E-state index contributed by atoms with van der Waals surface area (Å²) in [6.07, 6.45) is 3.34.